The van der Waals surface area contributed by atoms with E-state index in [-0.39, 0.29) is 12.0 Å². The van der Waals surface area contributed by atoms with Crippen LogP contribution in [0.1, 0.15) is 51.9 Å². The van der Waals surface area contributed by atoms with Crippen molar-refractivity contribution < 1.29 is 19.1 Å². The molecule has 1 aromatic heterocycles. The van der Waals surface area contributed by atoms with Crippen molar-refractivity contribution in [2.24, 2.45) is 0 Å². The Hall–Kier alpha value is -2.38. The minimum Gasteiger partial charge on any atom is -0.491 e. The fourth-order valence-corrected chi connectivity index (χ4v) is 4.54. The molecule has 1 amide bonds. The van der Waals surface area contributed by atoms with Crippen LogP contribution in [0.2, 0.25) is 0 Å². The molecule has 150 valence electrons. The van der Waals surface area contributed by atoms with Gasteiger partial charge in [0.1, 0.15) is 10.8 Å². The second kappa shape index (κ2) is 8.75. The van der Waals surface area contributed by atoms with Crippen LogP contribution in [0.25, 0.3) is 0 Å². The summed E-state index contributed by atoms with van der Waals surface area (Å²) in [4.78, 5) is 28.6. The molecule has 1 aliphatic rings. The van der Waals surface area contributed by atoms with Crippen LogP contribution in [-0.4, -0.2) is 43.1 Å². The summed E-state index contributed by atoms with van der Waals surface area (Å²) in [6.07, 6.45) is 0.851. The number of hydrogen-bond acceptors (Lipinski definition) is 6. The lowest BCUT2D eigenvalue weighted by Crippen LogP contribution is -2.29. The molecule has 0 spiro atoms. The van der Waals surface area contributed by atoms with E-state index in [9.17, 15) is 9.59 Å². The van der Waals surface area contributed by atoms with Gasteiger partial charge in [-0.25, -0.2) is 4.79 Å². The number of ether oxygens (including phenoxy) is 2. The minimum absolute atomic E-state index is 0.0717. The largest absolute Gasteiger partial charge is 0.491 e. The number of fused-ring (bicyclic) bond motifs is 1. The Balaban J connectivity index is 1.84. The summed E-state index contributed by atoms with van der Waals surface area (Å²) >= 11 is 1.46. The van der Waals surface area contributed by atoms with Gasteiger partial charge in [-0.15, -0.1) is 11.3 Å². The number of nitrogens with zero attached hydrogens (tertiary/aromatic N) is 1. The Kier molecular flexibility index (Phi) is 6.36. The van der Waals surface area contributed by atoms with Crippen molar-refractivity contribution in [3.8, 4) is 5.75 Å². The standard InChI is InChI=1S/C21H26N2O4S/c1-5-23-11-10-16-17(12-23)28-20(18(16)21(25)26-4)22-19(24)14-6-8-15(9-7-14)27-13(2)3/h6-9,13H,5,10-12H2,1-4H3,(H,22,24). The van der Waals surface area contributed by atoms with Crippen LogP contribution < -0.4 is 10.1 Å². The molecule has 0 fully saturated rings. The molecular weight excluding hydrogens is 376 g/mol. The maximum atomic E-state index is 12.7. The number of benzene rings is 1. The lowest BCUT2D eigenvalue weighted by molar-refractivity contribution is 0.0600. The molecule has 1 N–H and O–H groups in total. The van der Waals surface area contributed by atoms with Crippen LogP contribution in [0.15, 0.2) is 24.3 Å². The Morgan fingerprint density at radius 3 is 2.57 bits per heavy atom. The Morgan fingerprint density at radius 2 is 1.96 bits per heavy atom. The summed E-state index contributed by atoms with van der Waals surface area (Å²) in [7, 11) is 1.37. The smallest absolute Gasteiger partial charge is 0.341 e. The molecule has 2 aromatic rings. The molecule has 28 heavy (non-hydrogen) atoms. The number of nitrogens with one attached hydrogen (secondary N) is 1. The summed E-state index contributed by atoms with van der Waals surface area (Å²) in [6.45, 7) is 8.67. The van der Waals surface area contributed by atoms with Crippen LogP contribution in [0.4, 0.5) is 5.00 Å². The van der Waals surface area contributed by atoms with Gasteiger partial charge in [-0.1, -0.05) is 6.92 Å². The van der Waals surface area contributed by atoms with Gasteiger partial charge in [0.15, 0.2) is 0 Å². The SMILES string of the molecule is CCN1CCc2c(sc(NC(=O)c3ccc(OC(C)C)cc3)c2C(=O)OC)C1. The molecule has 1 aliphatic heterocycles. The summed E-state index contributed by atoms with van der Waals surface area (Å²) in [5.74, 6) is 0.0543. The molecule has 2 heterocycles. The number of anilines is 1. The van der Waals surface area contributed by atoms with Crippen LogP contribution in [0, 0.1) is 0 Å². The summed E-state index contributed by atoms with van der Waals surface area (Å²) in [6, 6.07) is 6.98. The van der Waals surface area contributed by atoms with E-state index in [0.29, 0.717) is 21.9 Å². The first kappa shape index (κ1) is 20.4. The number of esters is 1. The van der Waals surface area contributed by atoms with Crippen molar-refractivity contribution in [3.63, 3.8) is 0 Å². The third-order valence-corrected chi connectivity index (χ3v) is 5.82. The van der Waals surface area contributed by atoms with Crippen molar-refractivity contribution in [2.45, 2.75) is 39.8 Å². The monoisotopic (exact) mass is 402 g/mol. The molecular formula is C21H26N2O4S. The average molecular weight is 403 g/mol. The van der Waals surface area contributed by atoms with E-state index in [1.165, 1.54) is 18.4 Å². The van der Waals surface area contributed by atoms with Gasteiger partial charge in [0, 0.05) is 23.5 Å². The van der Waals surface area contributed by atoms with Gasteiger partial charge in [0.2, 0.25) is 0 Å². The Labute approximate surface area is 169 Å². The van der Waals surface area contributed by atoms with E-state index < -0.39 is 5.97 Å². The molecule has 0 radical (unpaired) electrons. The van der Waals surface area contributed by atoms with Crippen LogP contribution in [0.5, 0.6) is 5.75 Å². The molecule has 0 atom stereocenters. The Morgan fingerprint density at radius 1 is 1.25 bits per heavy atom. The third-order valence-electron chi connectivity index (χ3n) is 4.69. The number of carbonyl (C=O) groups excluding carboxylic acids is 2. The zero-order chi connectivity index (χ0) is 20.3. The van der Waals surface area contributed by atoms with Crippen LogP contribution in [-0.2, 0) is 17.7 Å². The third kappa shape index (κ3) is 4.36. The summed E-state index contributed by atoms with van der Waals surface area (Å²) in [5.41, 5.74) is 2.00. The predicted octanol–water partition coefficient (Wildman–Crippen LogP) is 3.95. The first-order valence-corrected chi connectivity index (χ1v) is 10.3. The fourth-order valence-electron chi connectivity index (χ4n) is 3.26. The van der Waals surface area contributed by atoms with E-state index in [1.807, 2.05) is 13.8 Å². The summed E-state index contributed by atoms with van der Waals surface area (Å²) in [5, 5.41) is 3.47. The number of rotatable bonds is 6. The first-order valence-electron chi connectivity index (χ1n) is 9.46. The number of thiophene rings is 1. The molecule has 3 rings (SSSR count). The van der Waals surface area contributed by atoms with Crippen molar-refractivity contribution in [1.29, 1.82) is 0 Å². The van der Waals surface area contributed by atoms with Crippen molar-refractivity contribution in [1.82, 2.24) is 4.90 Å². The van der Waals surface area contributed by atoms with Crippen LogP contribution >= 0.6 is 11.3 Å². The highest BCUT2D eigenvalue weighted by Gasteiger charge is 2.29. The van der Waals surface area contributed by atoms with E-state index in [4.69, 9.17) is 9.47 Å². The fraction of sp³-hybridized carbons (Fsp3) is 0.429. The number of methoxy groups -OCH3 is 1. The van der Waals surface area contributed by atoms with Gasteiger partial charge < -0.3 is 14.8 Å². The van der Waals surface area contributed by atoms with Crippen molar-refractivity contribution in [2.75, 3.05) is 25.5 Å². The number of likely N-dealkylation sites (N-methyl/N-ethyl adjacent to an activating group) is 1. The maximum absolute atomic E-state index is 12.7. The molecule has 0 saturated carbocycles. The van der Waals surface area contributed by atoms with E-state index >= 15 is 0 Å². The molecule has 7 heteroatoms. The zero-order valence-electron chi connectivity index (χ0n) is 16.7. The number of amides is 1. The highest BCUT2D eigenvalue weighted by molar-refractivity contribution is 7.17. The minimum atomic E-state index is -0.404. The molecule has 0 saturated heterocycles. The lowest BCUT2D eigenvalue weighted by Gasteiger charge is -2.25. The van der Waals surface area contributed by atoms with Crippen LogP contribution in [0.3, 0.4) is 0 Å². The molecule has 0 bridgehead atoms. The highest BCUT2D eigenvalue weighted by Crippen LogP contribution is 2.37. The topological polar surface area (TPSA) is 67.9 Å². The molecule has 1 aromatic carbocycles. The number of hydrogen-bond donors (Lipinski definition) is 1. The summed E-state index contributed by atoms with van der Waals surface area (Å²) < 4.78 is 10.6. The highest BCUT2D eigenvalue weighted by atomic mass is 32.1. The zero-order valence-corrected chi connectivity index (χ0v) is 17.5. The normalized spacial score (nSPS) is 13.9. The van der Waals surface area contributed by atoms with Gasteiger partial charge in [-0.2, -0.15) is 0 Å². The Bertz CT molecular complexity index is 858. The van der Waals surface area contributed by atoms with Gasteiger partial charge in [-0.3, -0.25) is 9.69 Å². The molecule has 6 nitrogen and oxygen atoms in total. The average Bonchev–Trinajstić information content (AvgIpc) is 3.04. The quantitative estimate of drug-likeness (QED) is 0.741. The van der Waals surface area contributed by atoms with E-state index in [2.05, 4.69) is 17.1 Å². The molecule has 0 unspecified atom stereocenters. The van der Waals surface area contributed by atoms with Gasteiger partial charge in [0.25, 0.3) is 5.91 Å². The van der Waals surface area contributed by atoms with Gasteiger partial charge >= 0.3 is 5.97 Å². The predicted molar refractivity (Wildman–Crippen MR) is 110 cm³/mol. The van der Waals surface area contributed by atoms with Gasteiger partial charge in [0.05, 0.1) is 18.8 Å². The second-order valence-electron chi connectivity index (χ2n) is 6.96. The van der Waals surface area contributed by atoms with Gasteiger partial charge in [-0.05, 0) is 56.6 Å². The lowest BCUT2D eigenvalue weighted by atomic mass is 10.0. The van der Waals surface area contributed by atoms with E-state index in [0.717, 1.165) is 36.5 Å². The molecule has 0 aliphatic carbocycles. The first-order chi connectivity index (χ1) is 13.4. The number of carbonyl (C=O) groups is 2. The van der Waals surface area contributed by atoms with Crippen molar-refractivity contribution >= 4 is 28.2 Å². The second-order valence-corrected chi connectivity index (χ2v) is 8.07. The maximum Gasteiger partial charge on any atom is 0.341 e. The van der Waals surface area contributed by atoms with Crippen molar-refractivity contribution in [3.05, 3.63) is 45.8 Å². The van der Waals surface area contributed by atoms with E-state index in [1.54, 1.807) is 24.3 Å².